The Morgan fingerprint density at radius 1 is 0.625 bits per heavy atom. The molecule has 0 saturated carbocycles. The number of benzene rings is 4. The predicted molar refractivity (Wildman–Crippen MR) is 177 cm³/mol. The van der Waals surface area contributed by atoms with Crippen LogP contribution in [0.4, 0.5) is 0 Å². The van der Waals surface area contributed by atoms with E-state index >= 15 is 0 Å². The summed E-state index contributed by atoms with van der Waals surface area (Å²) in [6.45, 7) is 6.43. The largest absolute Gasteiger partial charge is 0.494 e. The van der Waals surface area contributed by atoms with Gasteiger partial charge >= 0.3 is 23.9 Å². The third-order valence-corrected chi connectivity index (χ3v) is 6.79. The van der Waals surface area contributed by atoms with Gasteiger partial charge in [0.25, 0.3) is 0 Å². The molecule has 0 atom stereocenters. The number of ether oxygens (including phenoxy) is 6. The average Bonchev–Trinajstić information content (AvgIpc) is 3.12. The minimum atomic E-state index is -0.786. The highest BCUT2D eigenvalue weighted by Crippen LogP contribution is 2.28. The van der Waals surface area contributed by atoms with Gasteiger partial charge in [-0.25, -0.2) is 19.2 Å². The van der Waals surface area contributed by atoms with Gasteiger partial charge in [-0.05, 0) is 85.5 Å². The van der Waals surface area contributed by atoms with E-state index in [1.54, 1.807) is 24.3 Å². The minimum absolute atomic E-state index is 0.0285. The highest BCUT2D eigenvalue weighted by atomic mass is 16.6. The van der Waals surface area contributed by atoms with Gasteiger partial charge in [0.05, 0.1) is 30.9 Å². The Bertz CT molecular complexity index is 1680. The topological polar surface area (TPSA) is 124 Å². The van der Waals surface area contributed by atoms with Crippen LogP contribution in [-0.4, -0.2) is 56.9 Å². The second kappa shape index (κ2) is 18.4. The van der Waals surface area contributed by atoms with E-state index in [2.05, 4.69) is 6.58 Å². The molecule has 0 fully saturated rings. The van der Waals surface area contributed by atoms with Crippen molar-refractivity contribution in [2.75, 3.05) is 33.0 Å². The zero-order valence-corrected chi connectivity index (χ0v) is 26.6. The number of carbonyl (C=O) groups excluding carboxylic acids is 4. The lowest BCUT2D eigenvalue weighted by Crippen LogP contribution is -2.16. The number of hydrogen-bond donors (Lipinski definition) is 0. The fourth-order valence-corrected chi connectivity index (χ4v) is 4.30. The van der Waals surface area contributed by atoms with Crippen molar-refractivity contribution < 1.29 is 47.6 Å². The third-order valence-electron chi connectivity index (χ3n) is 6.79. The number of hydrogen-bond acceptors (Lipinski definition) is 10. The third kappa shape index (κ3) is 10.7. The van der Waals surface area contributed by atoms with Gasteiger partial charge < -0.3 is 28.4 Å². The van der Waals surface area contributed by atoms with E-state index in [-0.39, 0.29) is 42.4 Å². The van der Waals surface area contributed by atoms with Crippen LogP contribution in [0.15, 0.2) is 110 Å². The van der Waals surface area contributed by atoms with Gasteiger partial charge in [-0.2, -0.15) is 0 Å². The van der Waals surface area contributed by atoms with Crippen molar-refractivity contribution in [3.63, 3.8) is 0 Å². The van der Waals surface area contributed by atoms with Gasteiger partial charge in [0.1, 0.15) is 29.4 Å². The molecule has 0 aliphatic rings. The normalized spacial score (nSPS) is 10.4. The zero-order chi connectivity index (χ0) is 34.1. The van der Waals surface area contributed by atoms with Gasteiger partial charge in [0, 0.05) is 12.7 Å². The Kier molecular flexibility index (Phi) is 13.5. The molecule has 4 rings (SSSR count). The first kappa shape index (κ1) is 35.1. The molecule has 0 bridgehead atoms. The quantitative estimate of drug-likeness (QED) is 0.0516. The molecule has 0 aliphatic heterocycles. The summed E-state index contributed by atoms with van der Waals surface area (Å²) < 4.78 is 32.3. The van der Waals surface area contributed by atoms with E-state index in [0.717, 1.165) is 17.2 Å². The van der Waals surface area contributed by atoms with Crippen molar-refractivity contribution in [3.8, 4) is 28.4 Å². The van der Waals surface area contributed by atoms with Crippen LogP contribution in [0, 0.1) is 0 Å². The molecule has 0 N–H and O–H groups in total. The molecule has 0 aliphatic carbocycles. The van der Waals surface area contributed by atoms with Crippen LogP contribution in [0.5, 0.6) is 17.2 Å². The van der Waals surface area contributed by atoms with Gasteiger partial charge in [-0.15, -0.1) is 0 Å². The van der Waals surface area contributed by atoms with Crippen molar-refractivity contribution in [2.24, 2.45) is 0 Å². The lowest BCUT2D eigenvalue weighted by molar-refractivity contribution is -0.137. The average molecular weight is 653 g/mol. The summed E-state index contributed by atoms with van der Waals surface area (Å²) in [4.78, 5) is 50.1. The van der Waals surface area contributed by atoms with Gasteiger partial charge in [0.15, 0.2) is 0 Å². The van der Waals surface area contributed by atoms with Crippen LogP contribution in [0.2, 0.25) is 0 Å². The molecule has 248 valence electrons. The zero-order valence-electron chi connectivity index (χ0n) is 26.6. The molecule has 0 radical (unpaired) electrons. The Hall–Kier alpha value is -5.74. The fraction of sp³-hybridized carbons (Fsp3) is 0.211. The Balaban J connectivity index is 1.40. The molecule has 10 nitrogen and oxygen atoms in total. The molecule has 48 heavy (non-hydrogen) atoms. The minimum Gasteiger partial charge on any atom is -0.494 e. The number of rotatable bonds is 17. The molecule has 0 heterocycles. The standard InChI is InChI=1S/C38H36O10/c1-3-35(39)45-23-9-8-22-44-31-18-16-30(17-19-31)37(41)48-34-21-20-32(26-33(34)38(42)46-25-24-43-4-2)47-36(40)29-14-12-28(13-15-29)27-10-6-5-7-11-27/h3,5-7,10-21,26H,1,4,8-9,22-25H2,2H3. The monoisotopic (exact) mass is 652 g/mol. The SMILES string of the molecule is C=CC(=O)OCCCCOc1ccc(C(=O)Oc2ccc(OC(=O)c3ccc(-c4ccccc4)cc3)cc2C(=O)OCCOCC)cc1. The first-order valence-corrected chi connectivity index (χ1v) is 15.4. The van der Waals surface area contributed by atoms with E-state index in [1.165, 1.54) is 30.3 Å². The van der Waals surface area contributed by atoms with Crippen LogP contribution >= 0.6 is 0 Å². The molecule has 0 amide bonds. The van der Waals surface area contributed by atoms with Crippen LogP contribution < -0.4 is 14.2 Å². The molecule has 0 unspecified atom stereocenters. The summed E-state index contributed by atoms with van der Waals surface area (Å²) in [6.07, 6.45) is 2.39. The van der Waals surface area contributed by atoms with Gasteiger partial charge in [-0.3, -0.25) is 0 Å². The Morgan fingerprint density at radius 3 is 1.94 bits per heavy atom. The number of esters is 4. The molecular formula is C38H36O10. The second-order valence-electron chi connectivity index (χ2n) is 10.2. The van der Waals surface area contributed by atoms with Crippen LogP contribution in [0.25, 0.3) is 11.1 Å². The van der Waals surface area contributed by atoms with E-state index in [1.807, 2.05) is 49.4 Å². The predicted octanol–water partition coefficient (Wildman–Crippen LogP) is 6.87. The molecule has 0 spiro atoms. The van der Waals surface area contributed by atoms with Gasteiger partial charge in [0.2, 0.25) is 0 Å². The van der Waals surface area contributed by atoms with Crippen LogP contribution in [0.3, 0.4) is 0 Å². The molecule has 0 aromatic heterocycles. The summed E-state index contributed by atoms with van der Waals surface area (Å²) in [5, 5.41) is 0. The highest BCUT2D eigenvalue weighted by molar-refractivity contribution is 5.97. The summed E-state index contributed by atoms with van der Waals surface area (Å²) in [7, 11) is 0. The van der Waals surface area contributed by atoms with E-state index in [9.17, 15) is 19.2 Å². The van der Waals surface area contributed by atoms with Crippen molar-refractivity contribution in [2.45, 2.75) is 19.8 Å². The fourth-order valence-electron chi connectivity index (χ4n) is 4.30. The van der Waals surface area contributed by atoms with Crippen molar-refractivity contribution in [3.05, 3.63) is 126 Å². The van der Waals surface area contributed by atoms with E-state index in [4.69, 9.17) is 28.4 Å². The summed E-state index contributed by atoms with van der Waals surface area (Å²) >= 11 is 0. The summed E-state index contributed by atoms with van der Waals surface area (Å²) in [5.74, 6) is -2.09. The van der Waals surface area contributed by atoms with Crippen molar-refractivity contribution in [1.82, 2.24) is 0 Å². The molecule has 10 heteroatoms. The number of unbranched alkanes of at least 4 members (excludes halogenated alkanes) is 1. The van der Waals surface area contributed by atoms with Crippen molar-refractivity contribution >= 4 is 23.9 Å². The Morgan fingerprint density at radius 2 is 1.25 bits per heavy atom. The first-order chi connectivity index (χ1) is 23.4. The molecular weight excluding hydrogens is 616 g/mol. The number of carbonyl (C=O) groups is 4. The maximum Gasteiger partial charge on any atom is 0.343 e. The van der Waals surface area contributed by atoms with E-state index in [0.29, 0.717) is 37.4 Å². The Labute approximate surface area is 278 Å². The molecule has 0 saturated heterocycles. The van der Waals surface area contributed by atoms with Gasteiger partial charge in [-0.1, -0.05) is 49.0 Å². The van der Waals surface area contributed by atoms with E-state index < -0.39 is 23.9 Å². The summed E-state index contributed by atoms with van der Waals surface area (Å²) in [6, 6.07) is 27.1. The maximum absolute atomic E-state index is 13.0. The highest BCUT2D eigenvalue weighted by Gasteiger charge is 2.21. The van der Waals surface area contributed by atoms with Crippen LogP contribution in [-0.2, 0) is 19.0 Å². The smallest absolute Gasteiger partial charge is 0.343 e. The first-order valence-electron chi connectivity index (χ1n) is 15.4. The second-order valence-corrected chi connectivity index (χ2v) is 10.2. The lowest BCUT2D eigenvalue weighted by atomic mass is 10.0. The lowest BCUT2D eigenvalue weighted by Gasteiger charge is -2.13. The van der Waals surface area contributed by atoms with Crippen LogP contribution in [0.1, 0.15) is 50.8 Å². The molecule has 4 aromatic carbocycles. The van der Waals surface area contributed by atoms with Crippen molar-refractivity contribution in [1.29, 1.82) is 0 Å². The summed E-state index contributed by atoms with van der Waals surface area (Å²) in [5.41, 5.74) is 2.37. The maximum atomic E-state index is 13.0. The molecule has 4 aromatic rings.